The third kappa shape index (κ3) is 3.10. The molecule has 0 aliphatic rings. The lowest BCUT2D eigenvalue weighted by Crippen LogP contribution is -2.29. The Kier molecular flexibility index (Phi) is 4.38. The van der Waals surface area contributed by atoms with Crippen molar-refractivity contribution in [2.24, 2.45) is 0 Å². The molecule has 0 unspecified atom stereocenters. The van der Waals surface area contributed by atoms with E-state index < -0.39 is 7.12 Å². The van der Waals surface area contributed by atoms with Crippen LogP contribution in [-0.4, -0.2) is 39.9 Å². The summed E-state index contributed by atoms with van der Waals surface area (Å²) in [6.07, 6.45) is 1.82. The largest absolute Gasteiger partial charge is 0.488 e. The average Bonchev–Trinajstić information content (AvgIpc) is 2.65. The summed E-state index contributed by atoms with van der Waals surface area (Å²) in [5, 5.41) is 32.8. The lowest BCUT2D eigenvalue weighted by molar-refractivity contribution is 0.426. The molecule has 1 heterocycles. The molecule has 2 rings (SSSR count). The van der Waals surface area contributed by atoms with E-state index in [0.717, 1.165) is 10.9 Å². The first-order valence-corrected chi connectivity index (χ1v) is 4.22. The molecule has 0 saturated heterocycles. The molecule has 0 atom stereocenters. The molecule has 0 aliphatic carbocycles. The van der Waals surface area contributed by atoms with Crippen LogP contribution in [0.25, 0.3) is 10.9 Å². The molecule has 15 heavy (non-hydrogen) atoms. The summed E-state index contributed by atoms with van der Waals surface area (Å²) < 4.78 is 0. The van der Waals surface area contributed by atoms with Crippen molar-refractivity contribution in [1.82, 2.24) is 4.98 Å². The van der Waals surface area contributed by atoms with Crippen molar-refractivity contribution < 1.29 is 20.1 Å². The van der Waals surface area contributed by atoms with E-state index in [-0.39, 0.29) is 7.69 Å². The molecule has 5 N–H and O–H groups in total. The second kappa shape index (κ2) is 5.57. The number of nitrogens with one attached hydrogen (secondary N) is 1. The lowest BCUT2D eigenvalue weighted by Gasteiger charge is -1.97. The van der Waals surface area contributed by atoms with Crippen molar-refractivity contribution in [1.29, 1.82) is 0 Å². The van der Waals surface area contributed by atoms with Gasteiger partial charge >= 0.3 is 14.8 Å². The van der Waals surface area contributed by atoms with E-state index in [1.54, 1.807) is 12.1 Å². The monoisotopic (exact) mass is 206 g/mol. The maximum atomic E-state index is 8.86. The molecule has 0 bridgehead atoms. The first-order valence-electron chi connectivity index (χ1n) is 4.22. The van der Waals surface area contributed by atoms with Gasteiger partial charge in [-0.2, -0.15) is 0 Å². The smallest absolute Gasteiger partial charge is 0.429 e. The molecular weight excluding hydrogens is 196 g/mol. The number of fused-ring (bicyclic) bond motifs is 1. The fourth-order valence-corrected chi connectivity index (χ4v) is 1.23. The molecule has 1 aromatic carbocycles. The van der Waals surface area contributed by atoms with Crippen LogP contribution in [0.4, 0.5) is 0 Å². The highest BCUT2D eigenvalue weighted by Crippen LogP contribution is 2.08. The van der Waals surface area contributed by atoms with Crippen LogP contribution < -0.4 is 5.46 Å². The zero-order valence-electron chi connectivity index (χ0n) is 7.83. The molecule has 7 heteroatoms. The van der Waals surface area contributed by atoms with Gasteiger partial charge in [0.05, 0.1) is 0 Å². The summed E-state index contributed by atoms with van der Waals surface area (Å²) in [6, 6.07) is 7.20. The summed E-state index contributed by atoms with van der Waals surface area (Å²) in [5.41, 5.74) is 1.42. The van der Waals surface area contributed by atoms with E-state index in [4.69, 9.17) is 20.1 Å². The minimum absolute atomic E-state index is 0. The molecule has 1 aromatic heterocycles. The number of rotatable bonds is 1. The molecular formula is C8H10B2NO4. The summed E-state index contributed by atoms with van der Waals surface area (Å²) in [4.78, 5) is 2.99. The third-order valence-electron chi connectivity index (χ3n) is 1.88. The van der Waals surface area contributed by atoms with Gasteiger partial charge in [0.2, 0.25) is 0 Å². The topological polar surface area (TPSA) is 96.7 Å². The van der Waals surface area contributed by atoms with Crippen LogP contribution in [0.3, 0.4) is 0 Å². The van der Waals surface area contributed by atoms with Gasteiger partial charge in [0.1, 0.15) is 0 Å². The van der Waals surface area contributed by atoms with E-state index in [1.807, 2.05) is 18.3 Å². The predicted molar refractivity (Wildman–Crippen MR) is 58.3 cm³/mol. The summed E-state index contributed by atoms with van der Waals surface area (Å²) in [7, 11) is -1.39. The van der Waals surface area contributed by atoms with Gasteiger partial charge in [-0.15, -0.1) is 0 Å². The van der Waals surface area contributed by atoms with Crippen molar-refractivity contribution in [2.75, 3.05) is 0 Å². The number of H-pyrrole nitrogens is 1. The van der Waals surface area contributed by atoms with Gasteiger partial charge in [0.25, 0.3) is 0 Å². The van der Waals surface area contributed by atoms with Crippen LogP contribution in [0.2, 0.25) is 0 Å². The Hall–Kier alpha value is -1.27. The average molecular weight is 206 g/mol. The minimum Gasteiger partial charge on any atom is -0.429 e. The molecule has 0 aliphatic heterocycles. The zero-order chi connectivity index (χ0) is 11.3. The maximum Gasteiger partial charge on any atom is 0.488 e. The molecule has 2 aromatic rings. The zero-order valence-corrected chi connectivity index (χ0v) is 7.83. The van der Waals surface area contributed by atoms with Crippen molar-refractivity contribution in [2.45, 2.75) is 0 Å². The first kappa shape index (κ1) is 11.8. The van der Waals surface area contributed by atoms with Crippen LogP contribution in [-0.2, 0) is 0 Å². The van der Waals surface area contributed by atoms with E-state index in [9.17, 15) is 0 Å². The fraction of sp³-hybridized carbons (Fsp3) is 0. The molecule has 0 spiro atoms. The number of aromatic amines is 1. The number of aromatic nitrogens is 1. The Morgan fingerprint density at radius 2 is 1.80 bits per heavy atom. The van der Waals surface area contributed by atoms with Gasteiger partial charge in [-0.25, -0.2) is 0 Å². The molecule has 5 nitrogen and oxygen atoms in total. The van der Waals surface area contributed by atoms with Crippen LogP contribution in [0, 0.1) is 0 Å². The Morgan fingerprint density at radius 3 is 2.40 bits per heavy atom. The standard InChI is InChI=1S/C8H8BNO2.BH2O2/c11-9(12)7-2-1-6-3-4-10-8(6)5-7;2-1-3/h1-5,10-12H;2-3H. The lowest BCUT2D eigenvalue weighted by atomic mass is 9.80. The van der Waals surface area contributed by atoms with Gasteiger partial charge in [0.15, 0.2) is 0 Å². The summed E-state index contributed by atoms with van der Waals surface area (Å²) in [6.45, 7) is 0. The number of benzene rings is 1. The Labute approximate surface area is 87.5 Å². The van der Waals surface area contributed by atoms with Gasteiger partial charge in [-0.05, 0) is 23.0 Å². The van der Waals surface area contributed by atoms with Crippen LogP contribution in [0.5, 0.6) is 0 Å². The van der Waals surface area contributed by atoms with Crippen molar-refractivity contribution in [3.05, 3.63) is 30.5 Å². The molecule has 1 radical (unpaired) electrons. The summed E-state index contributed by atoms with van der Waals surface area (Å²) in [5.74, 6) is 0. The van der Waals surface area contributed by atoms with E-state index in [1.165, 1.54) is 0 Å². The molecule has 77 valence electrons. The van der Waals surface area contributed by atoms with Crippen molar-refractivity contribution in [3.8, 4) is 0 Å². The quantitative estimate of drug-likeness (QED) is 0.361. The van der Waals surface area contributed by atoms with E-state index in [0.29, 0.717) is 5.46 Å². The van der Waals surface area contributed by atoms with Crippen molar-refractivity contribution >= 4 is 31.2 Å². The van der Waals surface area contributed by atoms with Gasteiger partial charge in [-0.1, -0.05) is 12.1 Å². The minimum atomic E-state index is -1.39. The Bertz CT molecular complexity index is 418. The highest BCUT2D eigenvalue weighted by atomic mass is 16.4. The SMILES string of the molecule is OB(O)c1ccc2cc[nH]c2c1.O[B]O. The molecule has 0 amide bonds. The van der Waals surface area contributed by atoms with Crippen LogP contribution >= 0.6 is 0 Å². The Morgan fingerprint density at radius 1 is 1.13 bits per heavy atom. The second-order valence-electron chi connectivity index (χ2n) is 2.81. The Balaban J connectivity index is 0.000000337. The summed E-state index contributed by atoms with van der Waals surface area (Å²) >= 11 is 0. The molecule has 0 saturated carbocycles. The maximum absolute atomic E-state index is 8.86. The van der Waals surface area contributed by atoms with E-state index >= 15 is 0 Å². The van der Waals surface area contributed by atoms with Crippen LogP contribution in [0.15, 0.2) is 30.5 Å². The van der Waals surface area contributed by atoms with E-state index in [2.05, 4.69) is 4.98 Å². The van der Waals surface area contributed by atoms with Crippen molar-refractivity contribution in [3.63, 3.8) is 0 Å². The highest BCUT2D eigenvalue weighted by Gasteiger charge is 2.10. The highest BCUT2D eigenvalue weighted by molar-refractivity contribution is 6.58. The molecule has 0 fully saturated rings. The first-order chi connectivity index (χ1) is 7.19. The van der Waals surface area contributed by atoms with Gasteiger partial charge < -0.3 is 25.1 Å². The predicted octanol–water partition coefficient (Wildman–Crippen LogP) is -1.65. The number of hydrogen-bond acceptors (Lipinski definition) is 4. The number of hydrogen-bond donors (Lipinski definition) is 5. The second-order valence-corrected chi connectivity index (χ2v) is 2.81. The fourth-order valence-electron chi connectivity index (χ4n) is 1.23. The van der Waals surface area contributed by atoms with Gasteiger partial charge in [0, 0.05) is 11.7 Å². The van der Waals surface area contributed by atoms with Crippen LogP contribution in [0.1, 0.15) is 0 Å². The third-order valence-corrected chi connectivity index (χ3v) is 1.88. The normalized spacial score (nSPS) is 9.33. The van der Waals surface area contributed by atoms with Gasteiger partial charge in [-0.3, -0.25) is 0 Å².